The number of carboxylic acids is 1. The van der Waals surface area contributed by atoms with E-state index >= 15 is 0 Å². The molecule has 1 aromatic rings. The Morgan fingerprint density at radius 2 is 1.84 bits per heavy atom. The summed E-state index contributed by atoms with van der Waals surface area (Å²) in [6.07, 6.45) is 4.50. The molecule has 0 bridgehead atoms. The van der Waals surface area contributed by atoms with Gasteiger partial charge in [-0.25, -0.2) is 0 Å². The van der Waals surface area contributed by atoms with Crippen molar-refractivity contribution in [3.63, 3.8) is 0 Å². The monoisotopic (exact) mass is 262 g/mol. The average molecular weight is 262 g/mol. The first-order valence-electron chi connectivity index (χ1n) is 6.90. The topological polar surface area (TPSA) is 46.5 Å². The van der Waals surface area contributed by atoms with Crippen LogP contribution in [0.3, 0.4) is 0 Å². The lowest BCUT2D eigenvalue weighted by Crippen LogP contribution is -2.38. The lowest BCUT2D eigenvalue weighted by atomic mass is 9.67. The first-order chi connectivity index (χ1) is 9.01. The summed E-state index contributed by atoms with van der Waals surface area (Å²) < 4.78 is 5.47. The molecule has 0 amide bonds. The van der Waals surface area contributed by atoms with Gasteiger partial charge in [-0.3, -0.25) is 4.79 Å². The third-order valence-corrected chi connectivity index (χ3v) is 4.26. The fourth-order valence-electron chi connectivity index (χ4n) is 3.43. The molecular weight excluding hydrogens is 240 g/mol. The van der Waals surface area contributed by atoms with E-state index < -0.39 is 11.4 Å². The van der Waals surface area contributed by atoms with Crippen LogP contribution in [-0.2, 0) is 10.2 Å². The van der Waals surface area contributed by atoms with Crippen molar-refractivity contribution in [2.75, 3.05) is 7.11 Å². The van der Waals surface area contributed by atoms with Crippen molar-refractivity contribution in [2.24, 2.45) is 0 Å². The Morgan fingerprint density at radius 1 is 1.21 bits per heavy atom. The van der Waals surface area contributed by atoms with Crippen molar-refractivity contribution in [2.45, 2.75) is 51.4 Å². The molecule has 1 aliphatic rings. The standard InChI is InChI=1S/C16H22O3/c1-11-9-12(2)14(13(10-11)19-3)16(15(17)18)7-5-4-6-8-16/h9-10H,4-8H2,1-3H3,(H,17,18). The highest BCUT2D eigenvalue weighted by Gasteiger charge is 2.44. The second-order valence-electron chi connectivity index (χ2n) is 5.61. The average Bonchev–Trinajstić information content (AvgIpc) is 2.38. The smallest absolute Gasteiger partial charge is 0.314 e. The number of ether oxygens (including phenoxy) is 1. The Kier molecular flexibility index (Phi) is 3.83. The van der Waals surface area contributed by atoms with Gasteiger partial charge >= 0.3 is 5.97 Å². The molecule has 1 aliphatic carbocycles. The summed E-state index contributed by atoms with van der Waals surface area (Å²) in [7, 11) is 1.62. The summed E-state index contributed by atoms with van der Waals surface area (Å²) in [6.45, 7) is 4.00. The van der Waals surface area contributed by atoms with E-state index in [2.05, 4.69) is 6.07 Å². The van der Waals surface area contributed by atoms with Crippen LogP contribution in [0.25, 0.3) is 0 Å². The molecular formula is C16H22O3. The Balaban J connectivity index is 2.62. The van der Waals surface area contributed by atoms with Crippen LogP contribution in [0.1, 0.15) is 48.8 Å². The van der Waals surface area contributed by atoms with Gasteiger partial charge in [-0.15, -0.1) is 0 Å². The van der Waals surface area contributed by atoms with E-state index in [1.165, 1.54) is 0 Å². The van der Waals surface area contributed by atoms with Crippen LogP contribution in [0, 0.1) is 13.8 Å². The number of carbonyl (C=O) groups is 1. The van der Waals surface area contributed by atoms with Gasteiger partial charge in [0.1, 0.15) is 5.75 Å². The largest absolute Gasteiger partial charge is 0.496 e. The number of aryl methyl sites for hydroxylation is 2. The Bertz CT molecular complexity index is 485. The molecule has 0 spiro atoms. The maximum Gasteiger partial charge on any atom is 0.314 e. The van der Waals surface area contributed by atoms with Crippen LogP contribution >= 0.6 is 0 Å². The molecule has 1 saturated carbocycles. The predicted molar refractivity (Wildman–Crippen MR) is 74.9 cm³/mol. The van der Waals surface area contributed by atoms with Gasteiger partial charge in [0.25, 0.3) is 0 Å². The minimum Gasteiger partial charge on any atom is -0.496 e. The summed E-state index contributed by atoms with van der Waals surface area (Å²) in [5.41, 5.74) is 2.25. The Hall–Kier alpha value is -1.51. The Morgan fingerprint density at radius 3 is 2.37 bits per heavy atom. The van der Waals surface area contributed by atoms with Gasteiger partial charge < -0.3 is 9.84 Å². The molecule has 3 heteroatoms. The molecule has 2 rings (SSSR count). The molecule has 0 aliphatic heterocycles. The van der Waals surface area contributed by atoms with Crippen LogP contribution in [0.2, 0.25) is 0 Å². The number of benzene rings is 1. The van der Waals surface area contributed by atoms with Crippen molar-refractivity contribution < 1.29 is 14.6 Å². The number of methoxy groups -OCH3 is 1. The molecule has 0 atom stereocenters. The van der Waals surface area contributed by atoms with E-state index in [4.69, 9.17) is 4.74 Å². The van der Waals surface area contributed by atoms with Gasteiger partial charge in [-0.05, 0) is 43.9 Å². The highest BCUT2D eigenvalue weighted by molar-refractivity contribution is 5.83. The zero-order valence-corrected chi connectivity index (χ0v) is 12.0. The van der Waals surface area contributed by atoms with Crippen molar-refractivity contribution in [1.82, 2.24) is 0 Å². The first kappa shape index (κ1) is 13.9. The second kappa shape index (κ2) is 5.24. The van der Waals surface area contributed by atoms with E-state index in [1.807, 2.05) is 19.9 Å². The van der Waals surface area contributed by atoms with E-state index in [-0.39, 0.29) is 0 Å². The van der Waals surface area contributed by atoms with Crippen LogP contribution in [0.5, 0.6) is 5.75 Å². The van der Waals surface area contributed by atoms with Crippen molar-refractivity contribution >= 4 is 5.97 Å². The first-order valence-corrected chi connectivity index (χ1v) is 6.90. The van der Waals surface area contributed by atoms with Gasteiger partial charge in [0.2, 0.25) is 0 Å². The number of rotatable bonds is 3. The summed E-state index contributed by atoms with van der Waals surface area (Å²) >= 11 is 0. The van der Waals surface area contributed by atoms with Gasteiger partial charge in [0.15, 0.2) is 0 Å². The third kappa shape index (κ3) is 2.34. The molecule has 0 heterocycles. The summed E-state index contributed by atoms with van der Waals surface area (Å²) in [5, 5.41) is 9.80. The molecule has 0 saturated heterocycles. The highest BCUT2D eigenvalue weighted by Crippen LogP contribution is 2.45. The van der Waals surface area contributed by atoms with Crippen LogP contribution in [-0.4, -0.2) is 18.2 Å². The maximum absolute atomic E-state index is 11.9. The third-order valence-electron chi connectivity index (χ3n) is 4.26. The predicted octanol–water partition coefficient (Wildman–Crippen LogP) is 3.60. The Labute approximate surface area is 114 Å². The minimum atomic E-state index is -0.763. The minimum absolute atomic E-state index is 0.711. The summed E-state index contributed by atoms with van der Waals surface area (Å²) in [5.74, 6) is 0.0132. The van der Waals surface area contributed by atoms with Crippen LogP contribution < -0.4 is 4.74 Å². The molecule has 1 N–H and O–H groups in total. The van der Waals surface area contributed by atoms with Gasteiger partial charge in [-0.2, -0.15) is 0 Å². The van der Waals surface area contributed by atoms with Gasteiger partial charge in [0, 0.05) is 5.56 Å². The fraction of sp³-hybridized carbons (Fsp3) is 0.562. The number of hydrogen-bond acceptors (Lipinski definition) is 2. The van der Waals surface area contributed by atoms with Crippen LogP contribution in [0.4, 0.5) is 0 Å². The molecule has 1 aromatic carbocycles. The van der Waals surface area contributed by atoms with Crippen molar-refractivity contribution in [3.05, 3.63) is 28.8 Å². The lowest BCUT2D eigenvalue weighted by molar-refractivity contribution is -0.145. The van der Waals surface area contributed by atoms with Gasteiger partial charge in [0.05, 0.1) is 12.5 Å². The molecule has 104 valence electrons. The van der Waals surface area contributed by atoms with Gasteiger partial charge in [-0.1, -0.05) is 25.3 Å². The maximum atomic E-state index is 11.9. The summed E-state index contributed by atoms with van der Waals surface area (Å²) in [4.78, 5) is 11.9. The zero-order chi connectivity index (χ0) is 14.0. The number of aliphatic carboxylic acids is 1. The molecule has 3 nitrogen and oxygen atoms in total. The molecule has 19 heavy (non-hydrogen) atoms. The van der Waals surface area contributed by atoms with E-state index in [0.29, 0.717) is 12.8 Å². The lowest BCUT2D eigenvalue weighted by Gasteiger charge is -2.36. The summed E-state index contributed by atoms with van der Waals surface area (Å²) in [6, 6.07) is 4.00. The zero-order valence-electron chi connectivity index (χ0n) is 12.0. The van der Waals surface area contributed by atoms with Crippen LogP contribution in [0.15, 0.2) is 12.1 Å². The normalized spacial score (nSPS) is 18.1. The fourth-order valence-corrected chi connectivity index (χ4v) is 3.43. The van der Waals surface area contributed by atoms with Crippen molar-refractivity contribution in [3.8, 4) is 5.75 Å². The molecule has 0 unspecified atom stereocenters. The quantitative estimate of drug-likeness (QED) is 0.905. The molecule has 0 aromatic heterocycles. The number of hydrogen-bond donors (Lipinski definition) is 1. The van der Waals surface area contributed by atoms with E-state index in [9.17, 15) is 9.90 Å². The number of carboxylic acid groups (broad SMARTS) is 1. The highest BCUT2D eigenvalue weighted by atomic mass is 16.5. The van der Waals surface area contributed by atoms with E-state index in [1.54, 1.807) is 7.11 Å². The van der Waals surface area contributed by atoms with E-state index in [0.717, 1.165) is 41.7 Å². The van der Waals surface area contributed by atoms with Crippen molar-refractivity contribution in [1.29, 1.82) is 0 Å². The molecule has 1 fully saturated rings. The molecule has 0 radical (unpaired) electrons. The second-order valence-corrected chi connectivity index (χ2v) is 5.61. The SMILES string of the molecule is COc1cc(C)cc(C)c1C1(C(=O)O)CCCCC1.